The number of anilines is 1. The second kappa shape index (κ2) is 5.83. The number of aryl methyl sites for hydroxylation is 1. The SMILES string of the molecule is CCc1cccc(NC(=O)Cc2c[nH]c3ccccc23)c1. The average Bonchev–Trinajstić information content (AvgIpc) is 2.91. The summed E-state index contributed by atoms with van der Waals surface area (Å²) >= 11 is 0. The van der Waals surface area contributed by atoms with Gasteiger partial charge in [-0.25, -0.2) is 0 Å². The van der Waals surface area contributed by atoms with Gasteiger partial charge < -0.3 is 10.3 Å². The first-order chi connectivity index (χ1) is 10.3. The highest BCUT2D eigenvalue weighted by atomic mass is 16.1. The van der Waals surface area contributed by atoms with Crippen molar-refractivity contribution >= 4 is 22.5 Å². The van der Waals surface area contributed by atoms with Gasteiger partial charge in [0.2, 0.25) is 5.91 Å². The van der Waals surface area contributed by atoms with Crippen LogP contribution in [0.1, 0.15) is 18.1 Å². The molecule has 0 unspecified atom stereocenters. The third-order valence-electron chi connectivity index (χ3n) is 3.64. The lowest BCUT2D eigenvalue weighted by Crippen LogP contribution is -2.14. The molecule has 0 aliphatic carbocycles. The maximum atomic E-state index is 12.2. The number of para-hydroxylation sites is 1. The second-order valence-electron chi connectivity index (χ2n) is 5.14. The molecule has 106 valence electrons. The van der Waals surface area contributed by atoms with Crippen LogP contribution in [0.3, 0.4) is 0 Å². The van der Waals surface area contributed by atoms with Crippen molar-refractivity contribution in [2.45, 2.75) is 19.8 Å². The molecule has 3 rings (SSSR count). The summed E-state index contributed by atoms with van der Waals surface area (Å²) in [6.07, 6.45) is 3.25. The Morgan fingerprint density at radius 3 is 2.86 bits per heavy atom. The van der Waals surface area contributed by atoms with E-state index in [1.807, 2.05) is 48.7 Å². The Kier molecular flexibility index (Phi) is 3.73. The number of nitrogens with one attached hydrogen (secondary N) is 2. The molecule has 3 aromatic rings. The molecule has 0 aliphatic heterocycles. The molecule has 1 aromatic heterocycles. The molecule has 1 heterocycles. The number of aromatic nitrogens is 1. The van der Waals surface area contributed by atoms with Gasteiger partial charge in [-0.3, -0.25) is 4.79 Å². The van der Waals surface area contributed by atoms with Gasteiger partial charge in [0, 0.05) is 22.8 Å². The zero-order chi connectivity index (χ0) is 14.7. The zero-order valence-electron chi connectivity index (χ0n) is 12.0. The van der Waals surface area contributed by atoms with Gasteiger partial charge in [-0.15, -0.1) is 0 Å². The van der Waals surface area contributed by atoms with Gasteiger partial charge in [0.05, 0.1) is 6.42 Å². The molecule has 0 bridgehead atoms. The molecular formula is C18H18N2O. The number of rotatable bonds is 4. The van der Waals surface area contributed by atoms with E-state index < -0.39 is 0 Å². The molecule has 3 heteroatoms. The fourth-order valence-electron chi connectivity index (χ4n) is 2.53. The number of amides is 1. The summed E-state index contributed by atoms with van der Waals surface area (Å²) in [5, 5.41) is 4.07. The van der Waals surface area contributed by atoms with E-state index in [4.69, 9.17) is 0 Å². The maximum absolute atomic E-state index is 12.2. The van der Waals surface area contributed by atoms with E-state index in [-0.39, 0.29) is 5.91 Å². The van der Waals surface area contributed by atoms with Crippen LogP contribution in [-0.4, -0.2) is 10.9 Å². The van der Waals surface area contributed by atoms with Crippen LogP contribution in [0.2, 0.25) is 0 Å². The lowest BCUT2D eigenvalue weighted by atomic mass is 10.1. The Morgan fingerprint density at radius 1 is 1.14 bits per heavy atom. The average molecular weight is 278 g/mol. The molecule has 0 saturated heterocycles. The standard InChI is InChI=1S/C18H18N2O/c1-2-13-6-5-7-15(10-13)20-18(21)11-14-12-19-17-9-4-3-8-16(14)17/h3-10,12,19H,2,11H2,1H3,(H,20,21). The number of carbonyl (C=O) groups is 1. The summed E-state index contributed by atoms with van der Waals surface area (Å²) in [7, 11) is 0. The van der Waals surface area contributed by atoms with Crippen LogP contribution in [0, 0.1) is 0 Å². The number of H-pyrrole nitrogens is 1. The van der Waals surface area contributed by atoms with Crippen molar-refractivity contribution in [1.29, 1.82) is 0 Å². The molecule has 2 aromatic carbocycles. The summed E-state index contributed by atoms with van der Waals surface area (Å²) in [6.45, 7) is 2.10. The van der Waals surface area contributed by atoms with Gasteiger partial charge in [0.25, 0.3) is 0 Å². The lowest BCUT2D eigenvalue weighted by molar-refractivity contribution is -0.115. The van der Waals surface area contributed by atoms with Crippen molar-refractivity contribution in [3.8, 4) is 0 Å². The van der Waals surface area contributed by atoms with Crippen molar-refractivity contribution in [1.82, 2.24) is 4.98 Å². The minimum Gasteiger partial charge on any atom is -0.361 e. The van der Waals surface area contributed by atoms with Crippen LogP contribution in [-0.2, 0) is 17.6 Å². The van der Waals surface area contributed by atoms with E-state index >= 15 is 0 Å². The molecule has 0 aliphatic rings. The van der Waals surface area contributed by atoms with E-state index in [9.17, 15) is 4.79 Å². The summed E-state index contributed by atoms with van der Waals surface area (Å²) in [5.74, 6) is 0.00741. The van der Waals surface area contributed by atoms with Crippen LogP contribution in [0.15, 0.2) is 54.7 Å². The van der Waals surface area contributed by atoms with E-state index in [1.54, 1.807) is 0 Å². The fraction of sp³-hybridized carbons (Fsp3) is 0.167. The fourth-order valence-corrected chi connectivity index (χ4v) is 2.53. The summed E-state index contributed by atoms with van der Waals surface area (Å²) in [4.78, 5) is 15.4. The second-order valence-corrected chi connectivity index (χ2v) is 5.14. The predicted molar refractivity (Wildman–Crippen MR) is 86.5 cm³/mol. The molecule has 0 atom stereocenters. The molecule has 0 fully saturated rings. The molecular weight excluding hydrogens is 260 g/mol. The first-order valence-corrected chi connectivity index (χ1v) is 7.20. The minimum atomic E-state index is 0.00741. The Hall–Kier alpha value is -2.55. The molecule has 2 N–H and O–H groups in total. The number of fused-ring (bicyclic) bond motifs is 1. The molecule has 21 heavy (non-hydrogen) atoms. The van der Waals surface area contributed by atoms with Crippen molar-refractivity contribution in [3.63, 3.8) is 0 Å². The number of carbonyl (C=O) groups excluding carboxylic acids is 1. The van der Waals surface area contributed by atoms with Gasteiger partial charge >= 0.3 is 0 Å². The van der Waals surface area contributed by atoms with Gasteiger partial charge in [-0.05, 0) is 35.7 Å². The third-order valence-corrected chi connectivity index (χ3v) is 3.64. The zero-order valence-corrected chi connectivity index (χ0v) is 12.0. The summed E-state index contributed by atoms with van der Waals surface area (Å²) in [6, 6.07) is 16.0. The Bertz CT molecular complexity index is 773. The first kappa shape index (κ1) is 13.4. The van der Waals surface area contributed by atoms with E-state index in [1.165, 1.54) is 5.56 Å². The number of hydrogen-bond donors (Lipinski definition) is 2. The van der Waals surface area contributed by atoms with Crippen LogP contribution in [0.25, 0.3) is 10.9 Å². The van der Waals surface area contributed by atoms with Gasteiger partial charge in [-0.2, -0.15) is 0 Å². The molecule has 0 spiro atoms. The van der Waals surface area contributed by atoms with Crippen LogP contribution in [0.5, 0.6) is 0 Å². The third kappa shape index (κ3) is 2.97. The number of benzene rings is 2. The van der Waals surface area contributed by atoms with Crippen LogP contribution in [0.4, 0.5) is 5.69 Å². The molecule has 0 radical (unpaired) electrons. The van der Waals surface area contributed by atoms with Gasteiger partial charge in [-0.1, -0.05) is 37.3 Å². The number of aromatic amines is 1. The molecule has 3 nitrogen and oxygen atoms in total. The van der Waals surface area contributed by atoms with Gasteiger partial charge in [0.1, 0.15) is 0 Å². The van der Waals surface area contributed by atoms with E-state index in [0.717, 1.165) is 28.6 Å². The minimum absolute atomic E-state index is 0.00741. The van der Waals surface area contributed by atoms with E-state index in [0.29, 0.717) is 6.42 Å². The Balaban J connectivity index is 1.74. The highest BCUT2D eigenvalue weighted by molar-refractivity contribution is 5.95. The van der Waals surface area contributed by atoms with Crippen molar-refractivity contribution in [2.24, 2.45) is 0 Å². The van der Waals surface area contributed by atoms with Gasteiger partial charge in [0.15, 0.2) is 0 Å². The monoisotopic (exact) mass is 278 g/mol. The Morgan fingerprint density at radius 2 is 2.00 bits per heavy atom. The Labute approximate surface area is 124 Å². The normalized spacial score (nSPS) is 10.7. The summed E-state index contributed by atoms with van der Waals surface area (Å²) in [5.41, 5.74) is 4.17. The highest BCUT2D eigenvalue weighted by Crippen LogP contribution is 2.19. The first-order valence-electron chi connectivity index (χ1n) is 7.20. The van der Waals surface area contributed by atoms with E-state index in [2.05, 4.69) is 23.3 Å². The predicted octanol–water partition coefficient (Wildman–Crippen LogP) is 3.91. The lowest BCUT2D eigenvalue weighted by Gasteiger charge is -2.06. The summed E-state index contributed by atoms with van der Waals surface area (Å²) < 4.78 is 0. The maximum Gasteiger partial charge on any atom is 0.228 e. The topological polar surface area (TPSA) is 44.9 Å². The van der Waals surface area contributed by atoms with Crippen LogP contribution >= 0.6 is 0 Å². The quantitative estimate of drug-likeness (QED) is 0.746. The largest absolute Gasteiger partial charge is 0.361 e. The number of hydrogen-bond acceptors (Lipinski definition) is 1. The smallest absolute Gasteiger partial charge is 0.228 e. The van der Waals surface area contributed by atoms with Crippen molar-refractivity contribution in [3.05, 3.63) is 65.9 Å². The molecule has 0 saturated carbocycles. The highest BCUT2D eigenvalue weighted by Gasteiger charge is 2.08. The van der Waals surface area contributed by atoms with Crippen molar-refractivity contribution in [2.75, 3.05) is 5.32 Å². The molecule has 1 amide bonds. The van der Waals surface area contributed by atoms with Crippen LogP contribution < -0.4 is 5.32 Å². The van der Waals surface area contributed by atoms with Crippen molar-refractivity contribution < 1.29 is 4.79 Å².